The second kappa shape index (κ2) is 6.36. The van der Waals surface area contributed by atoms with E-state index in [1.54, 1.807) is 67.5 Å². The van der Waals surface area contributed by atoms with Crippen LogP contribution in [0.3, 0.4) is 0 Å². The number of allylic oxidation sites excluding steroid dienone is 2. The minimum Gasteiger partial charge on any atom is -0.373 e. The molecule has 2 aromatic rings. The fourth-order valence-electron chi connectivity index (χ4n) is 2.84. The third kappa shape index (κ3) is 2.96. The van der Waals surface area contributed by atoms with Crippen LogP contribution >= 0.6 is 0 Å². The van der Waals surface area contributed by atoms with Crippen molar-refractivity contribution in [2.45, 2.75) is 6.92 Å². The molecule has 0 saturated carbocycles. The zero-order chi connectivity index (χ0) is 18.1. The lowest BCUT2D eigenvalue weighted by molar-refractivity contribution is 0.0953. The average Bonchev–Trinajstić information content (AvgIpc) is 2.59. The average molecular weight is 334 g/mol. The first-order chi connectivity index (χ1) is 11.9. The van der Waals surface area contributed by atoms with E-state index in [9.17, 15) is 14.4 Å². The Morgan fingerprint density at radius 2 is 1.44 bits per heavy atom. The molecule has 0 unspecified atom stereocenters. The van der Waals surface area contributed by atoms with Crippen molar-refractivity contribution in [2.24, 2.45) is 0 Å². The Labute approximate surface area is 146 Å². The molecule has 0 spiro atoms. The number of ketones is 3. The lowest BCUT2D eigenvalue weighted by Gasteiger charge is -2.26. The Bertz CT molecular complexity index is 909. The summed E-state index contributed by atoms with van der Waals surface area (Å²) in [6.45, 7) is 1.50. The maximum Gasteiger partial charge on any atom is 0.212 e. The predicted molar refractivity (Wildman–Crippen MR) is 95.9 cm³/mol. The summed E-state index contributed by atoms with van der Waals surface area (Å²) < 4.78 is 0. The first-order valence-corrected chi connectivity index (χ1v) is 7.88. The number of Topliss-reactive ketones (excluding diaryl/α,β-unsaturated/α-hetero) is 3. The summed E-state index contributed by atoms with van der Waals surface area (Å²) in [7, 11) is 3.46. The highest BCUT2D eigenvalue weighted by Gasteiger charge is 2.33. The first-order valence-electron chi connectivity index (χ1n) is 7.88. The summed E-state index contributed by atoms with van der Waals surface area (Å²) in [5.74, 6) is -0.449. The van der Waals surface area contributed by atoms with E-state index < -0.39 is 0 Å². The van der Waals surface area contributed by atoms with E-state index in [0.29, 0.717) is 28.1 Å². The van der Waals surface area contributed by atoms with Crippen LogP contribution in [0.25, 0.3) is 0 Å². The maximum absolute atomic E-state index is 12.9. The molecule has 5 nitrogen and oxygen atoms in total. The number of hydrogen-bond donors (Lipinski definition) is 1. The summed E-state index contributed by atoms with van der Waals surface area (Å²) in [6, 6.07) is 13.6. The Balaban J connectivity index is 2.05. The summed E-state index contributed by atoms with van der Waals surface area (Å²) in [5, 5.41) is 3.06. The van der Waals surface area contributed by atoms with E-state index in [1.807, 2.05) is 0 Å². The van der Waals surface area contributed by atoms with Crippen LogP contribution in [0.4, 0.5) is 5.69 Å². The van der Waals surface area contributed by atoms with Crippen molar-refractivity contribution in [3.8, 4) is 0 Å². The molecule has 0 atom stereocenters. The third-order valence-corrected chi connectivity index (χ3v) is 4.10. The summed E-state index contributed by atoms with van der Waals surface area (Å²) in [6.07, 6.45) is 0. The molecular weight excluding hydrogens is 316 g/mol. The lowest BCUT2D eigenvalue weighted by atomic mass is 9.89. The number of fused-ring (bicyclic) bond motifs is 1. The minimum absolute atomic E-state index is 0.0300. The van der Waals surface area contributed by atoms with Crippen molar-refractivity contribution < 1.29 is 14.4 Å². The van der Waals surface area contributed by atoms with Gasteiger partial charge in [-0.1, -0.05) is 24.3 Å². The second-order valence-corrected chi connectivity index (χ2v) is 6.08. The quantitative estimate of drug-likeness (QED) is 0.870. The molecule has 0 aliphatic heterocycles. The molecule has 3 rings (SSSR count). The number of nitrogens with zero attached hydrogens (tertiary/aromatic N) is 1. The van der Waals surface area contributed by atoms with Crippen molar-refractivity contribution in [1.82, 2.24) is 4.90 Å². The first kappa shape index (κ1) is 16.6. The summed E-state index contributed by atoms with van der Waals surface area (Å²) in [5.41, 5.74) is 2.59. The van der Waals surface area contributed by atoms with Crippen LogP contribution in [0.5, 0.6) is 0 Å². The second-order valence-electron chi connectivity index (χ2n) is 6.08. The Hall–Kier alpha value is -3.21. The van der Waals surface area contributed by atoms with E-state index in [2.05, 4.69) is 5.32 Å². The normalized spacial score (nSPS) is 13.6. The van der Waals surface area contributed by atoms with E-state index in [-0.39, 0.29) is 23.0 Å². The number of nitrogens with one attached hydrogen (secondary N) is 1. The van der Waals surface area contributed by atoms with Gasteiger partial charge in [-0.2, -0.15) is 0 Å². The van der Waals surface area contributed by atoms with E-state index in [1.165, 1.54) is 6.92 Å². The molecule has 0 fully saturated rings. The van der Waals surface area contributed by atoms with Crippen molar-refractivity contribution in [1.29, 1.82) is 0 Å². The van der Waals surface area contributed by atoms with Crippen molar-refractivity contribution in [3.05, 3.63) is 76.6 Å². The van der Waals surface area contributed by atoms with Gasteiger partial charge in [0.05, 0.1) is 0 Å². The number of carbonyl (C=O) groups is 3. The SMILES string of the molecule is CC(=O)c1ccc(NC2=C(N(C)C)C(=O)c3ccccc3C2=O)cc1. The highest BCUT2D eigenvalue weighted by molar-refractivity contribution is 6.27. The fraction of sp³-hybridized carbons (Fsp3) is 0.150. The molecule has 0 amide bonds. The van der Waals surface area contributed by atoms with Gasteiger partial charge in [0.25, 0.3) is 0 Å². The molecule has 1 aliphatic rings. The lowest BCUT2D eigenvalue weighted by Crippen LogP contribution is -2.32. The van der Waals surface area contributed by atoms with Crippen molar-refractivity contribution >= 4 is 23.0 Å². The van der Waals surface area contributed by atoms with Crippen molar-refractivity contribution in [3.63, 3.8) is 0 Å². The van der Waals surface area contributed by atoms with Crippen LogP contribution in [0, 0.1) is 0 Å². The third-order valence-electron chi connectivity index (χ3n) is 4.10. The molecule has 0 bridgehead atoms. The number of rotatable bonds is 4. The maximum atomic E-state index is 12.9. The number of anilines is 1. The van der Waals surface area contributed by atoms with Gasteiger partial charge in [0.1, 0.15) is 11.4 Å². The van der Waals surface area contributed by atoms with Crippen LogP contribution in [-0.4, -0.2) is 36.3 Å². The van der Waals surface area contributed by atoms with Gasteiger partial charge in [-0.05, 0) is 31.2 Å². The van der Waals surface area contributed by atoms with Gasteiger partial charge in [0.2, 0.25) is 11.6 Å². The molecule has 0 aromatic heterocycles. The Morgan fingerprint density at radius 3 is 1.96 bits per heavy atom. The number of carbonyl (C=O) groups excluding carboxylic acids is 3. The smallest absolute Gasteiger partial charge is 0.212 e. The topological polar surface area (TPSA) is 66.5 Å². The monoisotopic (exact) mass is 334 g/mol. The van der Waals surface area contributed by atoms with E-state index >= 15 is 0 Å². The van der Waals surface area contributed by atoms with Crippen LogP contribution < -0.4 is 5.32 Å². The van der Waals surface area contributed by atoms with E-state index in [4.69, 9.17) is 0 Å². The molecule has 2 aromatic carbocycles. The highest BCUT2D eigenvalue weighted by atomic mass is 16.1. The van der Waals surface area contributed by atoms with Crippen LogP contribution in [0.1, 0.15) is 38.0 Å². The largest absolute Gasteiger partial charge is 0.373 e. The van der Waals surface area contributed by atoms with Crippen LogP contribution in [-0.2, 0) is 0 Å². The highest BCUT2D eigenvalue weighted by Crippen LogP contribution is 2.28. The van der Waals surface area contributed by atoms with Crippen LogP contribution in [0.15, 0.2) is 59.9 Å². The Kier molecular flexibility index (Phi) is 4.23. The van der Waals surface area contributed by atoms with Gasteiger partial charge >= 0.3 is 0 Å². The predicted octanol–water partition coefficient (Wildman–Crippen LogP) is 3.15. The molecule has 5 heteroatoms. The van der Waals surface area contributed by atoms with Gasteiger partial charge in [0, 0.05) is 36.5 Å². The molecule has 0 heterocycles. The van der Waals surface area contributed by atoms with Gasteiger partial charge in [0.15, 0.2) is 5.78 Å². The standard InChI is InChI=1S/C20H18N2O3/c1-12(23)13-8-10-14(11-9-13)21-17-18(22(2)3)20(25)16-7-5-4-6-15(16)19(17)24/h4-11,21H,1-3H3. The summed E-state index contributed by atoms with van der Waals surface area (Å²) >= 11 is 0. The zero-order valence-electron chi connectivity index (χ0n) is 14.3. The van der Waals surface area contributed by atoms with Gasteiger partial charge in [-0.25, -0.2) is 0 Å². The molecule has 0 radical (unpaired) electrons. The Morgan fingerprint density at radius 1 is 0.880 bits per heavy atom. The number of likely N-dealkylation sites (N-methyl/N-ethyl adjacent to an activating group) is 1. The minimum atomic E-state index is -0.227. The number of benzene rings is 2. The molecular formula is C20H18N2O3. The molecule has 126 valence electrons. The van der Waals surface area contributed by atoms with Gasteiger partial charge in [-0.3, -0.25) is 14.4 Å². The molecule has 0 saturated heterocycles. The van der Waals surface area contributed by atoms with Crippen LogP contribution in [0.2, 0.25) is 0 Å². The number of hydrogen-bond acceptors (Lipinski definition) is 5. The van der Waals surface area contributed by atoms with Gasteiger partial charge in [-0.15, -0.1) is 0 Å². The fourth-order valence-corrected chi connectivity index (χ4v) is 2.84. The molecule has 25 heavy (non-hydrogen) atoms. The zero-order valence-corrected chi connectivity index (χ0v) is 14.3. The molecule has 1 aliphatic carbocycles. The summed E-state index contributed by atoms with van der Waals surface area (Å²) in [4.78, 5) is 38.7. The van der Waals surface area contributed by atoms with Gasteiger partial charge < -0.3 is 10.2 Å². The van der Waals surface area contributed by atoms with Crippen molar-refractivity contribution in [2.75, 3.05) is 19.4 Å². The molecule has 1 N–H and O–H groups in total. The van der Waals surface area contributed by atoms with E-state index in [0.717, 1.165) is 0 Å².